The largest absolute Gasteiger partial charge is 0.392 e. The van der Waals surface area contributed by atoms with Crippen LogP contribution in [0.5, 0.6) is 0 Å². The molecule has 1 nitrogen and oxygen atoms in total. The Bertz CT molecular complexity index is 250. The summed E-state index contributed by atoms with van der Waals surface area (Å²) in [7, 11) is 2.00. The minimum atomic E-state index is 0.132. The lowest BCUT2D eigenvalue weighted by Gasteiger charge is -2.03. The van der Waals surface area contributed by atoms with E-state index in [2.05, 4.69) is 22.0 Å². The molecule has 0 unspecified atom stereocenters. The molecule has 0 heterocycles. The van der Waals surface area contributed by atoms with Crippen molar-refractivity contribution in [2.45, 2.75) is 11.9 Å². The maximum Gasteiger partial charge on any atom is 0.139 e. The van der Waals surface area contributed by atoms with E-state index in [9.17, 15) is 0 Å². The highest BCUT2D eigenvalue weighted by molar-refractivity contribution is 9.08. The summed E-state index contributed by atoms with van der Waals surface area (Å²) in [6.07, 6.45) is 0. The Kier molecular flexibility index (Phi) is 3.15. The second-order valence-corrected chi connectivity index (χ2v) is 3.11. The highest BCUT2D eigenvalue weighted by atomic mass is 79.9. The third-order valence-corrected chi connectivity index (χ3v) is 2.39. The zero-order chi connectivity index (χ0) is 8.27. The molecule has 58 valence electrons. The van der Waals surface area contributed by atoms with Crippen LogP contribution in [0.15, 0.2) is 18.2 Å². The van der Waals surface area contributed by atoms with Crippen molar-refractivity contribution in [1.29, 1.82) is 0 Å². The van der Waals surface area contributed by atoms with Crippen LogP contribution in [-0.4, -0.2) is 13.0 Å². The molecule has 1 N–H and O–H groups in total. The fraction of sp³-hybridized carbons (Fsp3) is 0.250. The topological polar surface area (TPSA) is 20.2 Å². The van der Waals surface area contributed by atoms with Crippen molar-refractivity contribution in [3.63, 3.8) is 0 Å². The lowest BCUT2D eigenvalue weighted by Crippen LogP contribution is -2.10. The molecule has 1 rings (SSSR count). The number of halogens is 1. The lowest BCUT2D eigenvalue weighted by molar-refractivity contribution is 0.283. The van der Waals surface area contributed by atoms with Gasteiger partial charge in [-0.15, -0.1) is 0 Å². The number of alkyl halides is 1. The third kappa shape index (κ3) is 2.07. The highest BCUT2D eigenvalue weighted by Gasteiger charge is 1.96. The van der Waals surface area contributed by atoms with Gasteiger partial charge in [0.05, 0.1) is 6.61 Å². The first-order valence-electron chi connectivity index (χ1n) is 3.53. The summed E-state index contributed by atoms with van der Waals surface area (Å²) in [6.45, 7) is 0.132. The van der Waals surface area contributed by atoms with Gasteiger partial charge < -0.3 is 5.11 Å². The molecule has 0 bridgehead atoms. The van der Waals surface area contributed by atoms with Gasteiger partial charge in [0.1, 0.15) is 7.85 Å². The van der Waals surface area contributed by atoms with Crippen LogP contribution in [-0.2, 0) is 11.9 Å². The zero-order valence-corrected chi connectivity index (χ0v) is 8.06. The van der Waals surface area contributed by atoms with Crippen molar-refractivity contribution in [2.24, 2.45) is 0 Å². The maximum absolute atomic E-state index is 8.92. The van der Waals surface area contributed by atoms with Crippen LogP contribution in [0.4, 0.5) is 0 Å². The fourth-order valence-corrected chi connectivity index (χ4v) is 1.33. The van der Waals surface area contributed by atoms with Gasteiger partial charge in [-0.1, -0.05) is 39.6 Å². The van der Waals surface area contributed by atoms with Crippen molar-refractivity contribution in [3.8, 4) is 0 Å². The minimum Gasteiger partial charge on any atom is -0.392 e. The monoisotopic (exact) mass is 212 g/mol. The molecule has 0 atom stereocenters. The van der Waals surface area contributed by atoms with Crippen LogP contribution in [0, 0.1) is 0 Å². The summed E-state index contributed by atoms with van der Waals surface area (Å²) in [5, 5.41) is 9.77. The first-order chi connectivity index (χ1) is 5.27. The summed E-state index contributed by atoms with van der Waals surface area (Å²) in [5.41, 5.74) is 3.37. The van der Waals surface area contributed by atoms with E-state index >= 15 is 0 Å². The molecule has 1 aromatic rings. The van der Waals surface area contributed by atoms with Gasteiger partial charge in [-0.3, -0.25) is 0 Å². The molecular weight excluding hydrogens is 203 g/mol. The lowest BCUT2D eigenvalue weighted by atomic mass is 9.90. The minimum absolute atomic E-state index is 0.132. The number of benzene rings is 1. The number of hydrogen-bond acceptors (Lipinski definition) is 1. The Hall–Kier alpha value is -0.275. The molecule has 0 aliphatic rings. The predicted molar refractivity (Wildman–Crippen MR) is 53.2 cm³/mol. The number of hydrogen-bond donors (Lipinski definition) is 1. The molecule has 11 heavy (non-hydrogen) atoms. The predicted octanol–water partition coefficient (Wildman–Crippen LogP) is 0.332. The van der Waals surface area contributed by atoms with E-state index in [1.807, 2.05) is 20.0 Å². The molecule has 0 spiro atoms. The van der Waals surface area contributed by atoms with E-state index < -0.39 is 0 Å². The SMILES string of the molecule is Bc1ccc(CBr)cc1CO. The maximum atomic E-state index is 8.92. The van der Waals surface area contributed by atoms with Crippen LogP contribution < -0.4 is 5.46 Å². The summed E-state index contributed by atoms with van der Waals surface area (Å²) in [4.78, 5) is 0. The number of aliphatic hydroxyl groups is 1. The number of rotatable bonds is 2. The Morgan fingerprint density at radius 1 is 1.45 bits per heavy atom. The molecule has 0 aliphatic heterocycles. The molecular formula is C8H10BBrO. The molecule has 0 saturated carbocycles. The van der Waals surface area contributed by atoms with Gasteiger partial charge in [-0.2, -0.15) is 0 Å². The van der Waals surface area contributed by atoms with Gasteiger partial charge >= 0.3 is 0 Å². The van der Waals surface area contributed by atoms with E-state index in [0.717, 1.165) is 16.4 Å². The zero-order valence-electron chi connectivity index (χ0n) is 6.47. The molecule has 0 amide bonds. The van der Waals surface area contributed by atoms with Crippen molar-refractivity contribution in [1.82, 2.24) is 0 Å². The van der Waals surface area contributed by atoms with Gasteiger partial charge in [0.15, 0.2) is 0 Å². The summed E-state index contributed by atoms with van der Waals surface area (Å²) < 4.78 is 0. The van der Waals surface area contributed by atoms with Crippen molar-refractivity contribution in [3.05, 3.63) is 29.3 Å². The Labute approximate surface area is 76.0 Å². The van der Waals surface area contributed by atoms with Crippen LogP contribution in [0.3, 0.4) is 0 Å². The molecule has 0 fully saturated rings. The molecule has 1 aromatic carbocycles. The number of aliphatic hydroxyl groups excluding tert-OH is 1. The van der Waals surface area contributed by atoms with Gasteiger partial charge in [-0.05, 0) is 11.1 Å². The van der Waals surface area contributed by atoms with Gasteiger partial charge in [0, 0.05) is 5.33 Å². The Balaban J connectivity index is 3.02. The second-order valence-electron chi connectivity index (χ2n) is 2.55. The quantitative estimate of drug-likeness (QED) is 0.554. The van der Waals surface area contributed by atoms with Gasteiger partial charge in [0.2, 0.25) is 0 Å². The van der Waals surface area contributed by atoms with Crippen LogP contribution in [0.25, 0.3) is 0 Å². The average Bonchev–Trinajstić information content (AvgIpc) is 2.05. The highest BCUT2D eigenvalue weighted by Crippen LogP contribution is 2.06. The van der Waals surface area contributed by atoms with Gasteiger partial charge in [0.25, 0.3) is 0 Å². The van der Waals surface area contributed by atoms with E-state index in [1.165, 1.54) is 5.56 Å². The normalized spacial score (nSPS) is 10.0. The van der Waals surface area contributed by atoms with E-state index in [0.29, 0.717) is 0 Å². The molecule has 0 radical (unpaired) electrons. The average molecular weight is 213 g/mol. The van der Waals surface area contributed by atoms with Crippen LogP contribution in [0.2, 0.25) is 0 Å². The summed E-state index contributed by atoms with van der Waals surface area (Å²) in [6, 6.07) is 6.11. The van der Waals surface area contributed by atoms with Gasteiger partial charge in [-0.25, -0.2) is 0 Å². The smallest absolute Gasteiger partial charge is 0.139 e. The Morgan fingerprint density at radius 2 is 2.18 bits per heavy atom. The first-order valence-corrected chi connectivity index (χ1v) is 4.65. The van der Waals surface area contributed by atoms with Crippen LogP contribution >= 0.6 is 15.9 Å². The molecule has 0 aromatic heterocycles. The second kappa shape index (κ2) is 3.93. The standard InChI is InChI=1S/C8H10BBrO/c9-8-2-1-6(4-10)3-7(8)5-11/h1-3,11H,4-5,9H2. The van der Waals surface area contributed by atoms with Crippen molar-refractivity contribution < 1.29 is 5.11 Å². The Morgan fingerprint density at radius 3 is 2.73 bits per heavy atom. The molecule has 0 aliphatic carbocycles. The summed E-state index contributed by atoms with van der Waals surface area (Å²) in [5.74, 6) is 0. The summed E-state index contributed by atoms with van der Waals surface area (Å²) >= 11 is 3.36. The fourth-order valence-electron chi connectivity index (χ4n) is 0.978. The molecule has 0 saturated heterocycles. The van der Waals surface area contributed by atoms with E-state index in [1.54, 1.807) is 0 Å². The molecule has 3 heteroatoms. The van der Waals surface area contributed by atoms with E-state index in [4.69, 9.17) is 5.11 Å². The first kappa shape index (κ1) is 8.82. The van der Waals surface area contributed by atoms with Crippen molar-refractivity contribution >= 4 is 29.2 Å². The third-order valence-electron chi connectivity index (χ3n) is 1.74. The van der Waals surface area contributed by atoms with E-state index in [-0.39, 0.29) is 6.61 Å². The van der Waals surface area contributed by atoms with Crippen molar-refractivity contribution in [2.75, 3.05) is 0 Å². The van der Waals surface area contributed by atoms with Crippen LogP contribution in [0.1, 0.15) is 11.1 Å².